The van der Waals surface area contributed by atoms with E-state index in [4.69, 9.17) is 14.9 Å². The van der Waals surface area contributed by atoms with Crippen molar-refractivity contribution >= 4 is 26.9 Å². The highest BCUT2D eigenvalue weighted by atomic mass is 79.9. The molecule has 3 nitrogen and oxygen atoms in total. The van der Waals surface area contributed by atoms with Crippen molar-refractivity contribution in [3.8, 4) is 5.75 Å². The highest BCUT2D eigenvalue weighted by Crippen LogP contribution is 2.34. The largest absolute Gasteiger partial charge is 0.497 e. The molecule has 1 unspecified atom stereocenters. The van der Waals surface area contributed by atoms with Crippen LogP contribution in [0.4, 0.5) is 0 Å². The van der Waals surface area contributed by atoms with Gasteiger partial charge in [-0.3, -0.25) is 0 Å². The Morgan fingerprint density at radius 3 is 2.59 bits per heavy atom. The predicted molar refractivity (Wildman–Crippen MR) is 72.2 cm³/mol. The van der Waals surface area contributed by atoms with E-state index in [0.717, 1.165) is 27.0 Å². The van der Waals surface area contributed by atoms with Crippen LogP contribution in [0.2, 0.25) is 0 Å². The molecule has 2 N–H and O–H groups in total. The molecule has 0 aliphatic carbocycles. The molecule has 1 aromatic carbocycles. The molecular formula is C13H16BrNO2. The molecule has 0 radical (unpaired) electrons. The van der Waals surface area contributed by atoms with Crippen molar-refractivity contribution in [1.29, 1.82) is 0 Å². The van der Waals surface area contributed by atoms with Gasteiger partial charge in [-0.1, -0.05) is 13.8 Å². The normalized spacial score (nSPS) is 13.3. The molecule has 1 atom stereocenters. The van der Waals surface area contributed by atoms with Crippen LogP contribution in [0, 0.1) is 5.92 Å². The van der Waals surface area contributed by atoms with E-state index in [9.17, 15) is 0 Å². The van der Waals surface area contributed by atoms with Crippen LogP contribution in [-0.4, -0.2) is 7.11 Å². The Morgan fingerprint density at radius 1 is 1.29 bits per heavy atom. The molecule has 0 spiro atoms. The van der Waals surface area contributed by atoms with Crippen molar-refractivity contribution in [2.75, 3.05) is 7.11 Å². The Kier molecular flexibility index (Phi) is 3.45. The van der Waals surface area contributed by atoms with Crippen LogP contribution in [0.5, 0.6) is 5.75 Å². The monoisotopic (exact) mass is 297 g/mol. The van der Waals surface area contributed by atoms with Crippen LogP contribution in [0.25, 0.3) is 11.0 Å². The Labute approximate surface area is 109 Å². The zero-order chi connectivity index (χ0) is 12.6. The number of fused-ring (bicyclic) bond motifs is 1. The molecule has 2 aromatic rings. The summed E-state index contributed by atoms with van der Waals surface area (Å²) < 4.78 is 11.9. The summed E-state index contributed by atoms with van der Waals surface area (Å²) in [6, 6.07) is 5.73. The topological polar surface area (TPSA) is 48.4 Å². The second-order valence-corrected chi connectivity index (χ2v) is 5.30. The van der Waals surface area contributed by atoms with Crippen molar-refractivity contribution in [1.82, 2.24) is 0 Å². The van der Waals surface area contributed by atoms with Crippen molar-refractivity contribution in [2.45, 2.75) is 19.9 Å². The fourth-order valence-electron chi connectivity index (χ4n) is 1.71. The van der Waals surface area contributed by atoms with E-state index in [-0.39, 0.29) is 6.04 Å². The molecule has 4 heteroatoms. The Balaban J connectivity index is 2.53. The fraction of sp³-hybridized carbons (Fsp3) is 0.385. The predicted octanol–water partition coefficient (Wildman–Crippen LogP) is 3.86. The van der Waals surface area contributed by atoms with Crippen LogP contribution < -0.4 is 10.5 Å². The lowest BCUT2D eigenvalue weighted by molar-refractivity contribution is 0.413. The van der Waals surface area contributed by atoms with Gasteiger partial charge in [0.15, 0.2) is 0 Å². The molecule has 92 valence electrons. The van der Waals surface area contributed by atoms with Crippen LogP contribution in [0.3, 0.4) is 0 Å². The SMILES string of the molecule is COc1cc(Br)c2oc(C(N)C(C)C)cc2c1. The molecule has 0 aliphatic heterocycles. The Morgan fingerprint density at radius 2 is 2.00 bits per heavy atom. The van der Waals surface area contributed by atoms with Gasteiger partial charge in [-0.05, 0) is 40.0 Å². The minimum Gasteiger partial charge on any atom is -0.497 e. The summed E-state index contributed by atoms with van der Waals surface area (Å²) in [6.07, 6.45) is 0. The van der Waals surface area contributed by atoms with Gasteiger partial charge in [0, 0.05) is 5.39 Å². The quantitative estimate of drug-likeness (QED) is 0.936. The first-order chi connectivity index (χ1) is 8.02. The zero-order valence-corrected chi connectivity index (χ0v) is 11.7. The van der Waals surface area contributed by atoms with Crippen molar-refractivity contribution < 1.29 is 9.15 Å². The number of hydrogen-bond donors (Lipinski definition) is 1. The van der Waals surface area contributed by atoms with Gasteiger partial charge < -0.3 is 14.9 Å². The van der Waals surface area contributed by atoms with Crippen LogP contribution >= 0.6 is 15.9 Å². The first-order valence-corrected chi connectivity index (χ1v) is 6.34. The molecule has 0 amide bonds. The number of nitrogens with two attached hydrogens (primary N) is 1. The highest BCUT2D eigenvalue weighted by molar-refractivity contribution is 9.10. The molecule has 17 heavy (non-hydrogen) atoms. The second kappa shape index (κ2) is 4.70. The number of rotatable bonds is 3. The van der Waals surface area contributed by atoms with Gasteiger partial charge in [-0.25, -0.2) is 0 Å². The summed E-state index contributed by atoms with van der Waals surface area (Å²) in [6.45, 7) is 4.15. The zero-order valence-electron chi connectivity index (χ0n) is 10.2. The smallest absolute Gasteiger partial charge is 0.148 e. The number of furan rings is 1. The maximum atomic E-state index is 6.08. The van der Waals surface area contributed by atoms with E-state index >= 15 is 0 Å². The lowest BCUT2D eigenvalue weighted by Crippen LogP contribution is -2.15. The van der Waals surface area contributed by atoms with Crippen LogP contribution in [-0.2, 0) is 0 Å². The molecule has 0 saturated carbocycles. The number of halogens is 1. The average molecular weight is 298 g/mol. The van der Waals surface area contributed by atoms with Crippen LogP contribution in [0.15, 0.2) is 27.1 Å². The first-order valence-electron chi connectivity index (χ1n) is 5.55. The third-order valence-electron chi connectivity index (χ3n) is 2.85. The summed E-state index contributed by atoms with van der Waals surface area (Å²) in [5, 5.41) is 1.00. The summed E-state index contributed by atoms with van der Waals surface area (Å²) in [5.74, 6) is 1.95. The Bertz CT molecular complexity index is 533. The number of benzene rings is 1. The van der Waals surface area contributed by atoms with Crippen LogP contribution in [0.1, 0.15) is 25.6 Å². The fourth-order valence-corrected chi connectivity index (χ4v) is 2.25. The molecule has 1 aromatic heterocycles. The lowest BCUT2D eigenvalue weighted by atomic mass is 10.0. The number of hydrogen-bond acceptors (Lipinski definition) is 3. The average Bonchev–Trinajstić information content (AvgIpc) is 2.71. The van der Waals surface area contributed by atoms with Crippen molar-refractivity contribution in [3.63, 3.8) is 0 Å². The van der Waals surface area contributed by atoms with E-state index in [1.165, 1.54) is 0 Å². The van der Waals surface area contributed by atoms with Gasteiger partial charge in [-0.15, -0.1) is 0 Å². The summed E-state index contributed by atoms with van der Waals surface area (Å²) >= 11 is 3.47. The molecular weight excluding hydrogens is 282 g/mol. The molecule has 1 heterocycles. The summed E-state index contributed by atoms with van der Waals surface area (Å²) in [4.78, 5) is 0. The van der Waals surface area contributed by atoms with E-state index < -0.39 is 0 Å². The van der Waals surface area contributed by atoms with E-state index in [0.29, 0.717) is 5.92 Å². The van der Waals surface area contributed by atoms with E-state index in [1.54, 1.807) is 7.11 Å². The van der Waals surface area contributed by atoms with Gasteiger partial charge >= 0.3 is 0 Å². The first kappa shape index (κ1) is 12.5. The van der Waals surface area contributed by atoms with E-state index in [1.807, 2.05) is 18.2 Å². The maximum absolute atomic E-state index is 6.08. The lowest BCUT2D eigenvalue weighted by Gasteiger charge is -2.11. The van der Waals surface area contributed by atoms with Gasteiger partial charge in [0.2, 0.25) is 0 Å². The number of methoxy groups -OCH3 is 1. The van der Waals surface area contributed by atoms with Gasteiger partial charge in [-0.2, -0.15) is 0 Å². The van der Waals surface area contributed by atoms with Crippen molar-refractivity contribution in [2.24, 2.45) is 11.7 Å². The van der Waals surface area contributed by atoms with Gasteiger partial charge in [0.05, 0.1) is 17.6 Å². The second-order valence-electron chi connectivity index (χ2n) is 4.45. The van der Waals surface area contributed by atoms with Gasteiger partial charge in [0.1, 0.15) is 17.1 Å². The summed E-state index contributed by atoms with van der Waals surface area (Å²) in [7, 11) is 1.65. The summed E-state index contributed by atoms with van der Waals surface area (Å²) in [5.41, 5.74) is 6.90. The third-order valence-corrected chi connectivity index (χ3v) is 3.44. The molecule has 0 bridgehead atoms. The van der Waals surface area contributed by atoms with Gasteiger partial charge in [0.25, 0.3) is 0 Å². The van der Waals surface area contributed by atoms with E-state index in [2.05, 4.69) is 29.8 Å². The Hall–Kier alpha value is -1.00. The third kappa shape index (κ3) is 2.33. The molecule has 2 rings (SSSR count). The minimum atomic E-state index is -0.0831. The molecule has 0 fully saturated rings. The highest BCUT2D eigenvalue weighted by Gasteiger charge is 2.17. The molecule has 0 saturated heterocycles. The number of ether oxygens (including phenoxy) is 1. The van der Waals surface area contributed by atoms with Crippen molar-refractivity contribution in [3.05, 3.63) is 28.4 Å². The minimum absolute atomic E-state index is 0.0831. The maximum Gasteiger partial charge on any atom is 0.148 e. The standard InChI is InChI=1S/C13H16BrNO2/c1-7(2)12(15)11-5-8-4-9(16-3)6-10(14)13(8)17-11/h4-7,12H,15H2,1-3H3. The molecule has 0 aliphatic rings.